The number of Topliss-reactive ketones (excluding diaryl/α,β-unsaturated/α-hetero) is 1. The number of methoxy groups -OCH3 is 1. The Kier molecular flexibility index (Phi) is 4.76. The van der Waals surface area contributed by atoms with Gasteiger partial charge in [-0.15, -0.1) is 0 Å². The van der Waals surface area contributed by atoms with Crippen LogP contribution in [-0.4, -0.2) is 44.9 Å². The molecule has 0 bridgehead atoms. The van der Waals surface area contributed by atoms with E-state index in [-0.39, 0.29) is 11.5 Å². The van der Waals surface area contributed by atoms with E-state index in [4.69, 9.17) is 14.2 Å². The number of carbonyl (C=O) groups excluding carboxylic acids is 1. The molecule has 0 aliphatic carbocycles. The third-order valence-corrected chi connectivity index (χ3v) is 4.02. The molecule has 3 atom stereocenters. The molecule has 0 radical (unpaired) electrons. The molecule has 104 valence electrons. The van der Waals surface area contributed by atoms with Gasteiger partial charge in [0.1, 0.15) is 5.78 Å². The van der Waals surface area contributed by atoms with E-state index in [0.717, 1.165) is 25.9 Å². The molecule has 0 aromatic rings. The molecule has 2 fully saturated rings. The fourth-order valence-electron chi connectivity index (χ4n) is 3.02. The van der Waals surface area contributed by atoms with E-state index < -0.39 is 0 Å². The highest BCUT2D eigenvalue weighted by Crippen LogP contribution is 2.36. The normalized spacial score (nSPS) is 33.8. The lowest BCUT2D eigenvalue weighted by atomic mass is 9.81. The van der Waals surface area contributed by atoms with Crippen molar-refractivity contribution in [2.24, 2.45) is 11.8 Å². The molecule has 2 heterocycles. The average Bonchev–Trinajstić information content (AvgIpc) is 2.77. The van der Waals surface area contributed by atoms with Gasteiger partial charge in [-0.05, 0) is 18.8 Å². The minimum Gasteiger partial charge on any atom is -0.384 e. The molecular formula is C14H24O4. The molecule has 0 aromatic carbocycles. The highest BCUT2D eigenvalue weighted by molar-refractivity contribution is 5.81. The highest BCUT2D eigenvalue weighted by atomic mass is 16.6. The van der Waals surface area contributed by atoms with Crippen molar-refractivity contribution >= 4 is 5.78 Å². The zero-order valence-corrected chi connectivity index (χ0v) is 11.4. The van der Waals surface area contributed by atoms with Gasteiger partial charge in [-0.3, -0.25) is 4.79 Å². The van der Waals surface area contributed by atoms with Gasteiger partial charge in [0, 0.05) is 45.7 Å². The van der Waals surface area contributed by atoms with E-state index in [2.05, 4.69) is 6.92 Å². The van der Waals surface area contributed by atoms with E-state index in [9.17, 15) is 4.79 Å². The first-order chi connectivity index (χ1) is 8.65. The summed E-state index contributed by atoms with van der Waals surface area (Å²) < 4.78 is 16.4. The molecule has 3 unspecified atom stereocenters. The van der Waals surface area contributed by atoms with Crippen LogP contribution >= 0.6 is 0 Å². The van der Waals surface area contributed by atoms with Crippen molar-refractivity contribution < 1.29 is 19.0 Å². The standard InChI is InChI=1S/C14H24O4/c1-11(9-16-2)7-13(15)12-3-5-18-14(8-12)4-6-17-10-14/h11-12H,3-10H2,1-2H3. The number of hydrogen-bond acceptors (Lipinski definition) is 4. The third kappa shape index (κ3) is 3.31. The van der Waals surface area contributed by atoms with Crippen LogP contribution in [0.3, 0.4) is 0 Å². The minimum absolute atomic E-state index is 0.153. The van der Waals surface area contributed by atoms with Gasteiger partial charge in [-0.25, -0.2) is 0 Å². The Balaban J connectivity index is 1.86. The zero-order chi connectivity index (χ0) is 13.0. The predicted octanol–water partition coefficient (Wildman–Crippen LogP) is 1.81. The lowest BCUT2D eigenvalue weighted by molar-refractivity contribution is -0.138. The predicted molar refractivity (Wildman–Crippen MR) is 67.5 cm³/mol. The van der Waals surface area contributed by atoms with E-state index >= 15 is 0 Å². The van der Waals surface area contributed by atoms with Gasteiger partial charge in [0.15, 0.2) is 0 Å². The fraction of sp³-hybridized carbons (Fsp3) is 0.929. The molecule has 2 saturated heterocycles. The first-order valence-corrected chi connectivity index (χ1v) is 6.88. The third-order valence-electron chi connectivity index (χ3n) is 4.02. The van der Waals surface area contributed by atoms with Crippen molar-refractivity contribution in [1.29, 1.82) is 0 Å². The quantitative estimate of drug-likeness (QED) is 0.752. The van der Waals surface area contributed by atoms with Crippen LogP contribution in [0.25, 0.3) is 0 Å². The van der Waals surface area contributed by atoms with E-state index in [1.165, 1.54) is 0 Å². The molecule has 4 heteroatoms. The number of rotatable bonds is 5. The Morgan fingerprint density at radius 3 is 3.00 bits per heavy atom. The van der Waals surface area contributed by atoms with Crippen molar-refractivity contribution in [1.82, 2.24) is 0 Å². The van der Waals surface area contributed by atoms with E-state index in [1.807, 2.05) is 0 Å². The Morgan fingerprint density at radius 2 is 2.33 bits per heavy atom. The van der Waals surface area contributed by atoms with Crippen LogP contribution in [0.5, 0.6) is 0 Å². The summed E-state index contributed by atoms with van der Waals surface area (Å²) in [5, 5.41) is 0. The van der Waals surface area contributed by atoms with Crippen molar-refractivity contribution in [3.05, 3.63) is 0 Å². The summed E-state index contributed by atoms with van der Waals surface area (Å²) in [6, 6.07) is 0. The van der Waals surface area contributed by atoms with Crippen LogP contribution in [0, 0.1) is 11.8 Å². The molecule has 2 aliphatic rings. The van der Waals surface area contributed by atoms with Crippen LogP contribution in [0.1, 0.15) is 32.6 Å². The molecule has 2 rings (SSSR count). The van der Waals surface area contributed by atoms with Crippen LogP contribution in [0.4, 0.5) is 0 Å². The fourth-order valence-corrected chi connectivity index (χ4v) is 3.02. The first-order valence-electron chi connectivity index (χ1n) is 6.88. The van der Waals surface area contributed by atoms with Crippen molar-refractivity contribution in [2.45, 2.75) is 38.2 Å². The molecule has 1 spiro atoms. The van der Waals surface area contributed by atoms with Gasteiger partial charge in [-0.1, -0.05) is 6.92 Å². The maximum atomic E-state index is 12.3. The Labute approximate surface area is 109 Å². The summed E-state index contributed by atoms with van der Waals surface area (Å²) in [5.41, 5.74) is -0.164. The summed E-state index contributed by atoms with van der Waals surface area (Å²) >= 11 is 0. The second-order valence-electron chi connectivity index (χ2n) is 5.75. The molecule has 0 amide bonds. The summed E-state index contributed by atoms with van der Waals surface area (Å²) in [7, 11) is 1.68. The van der Waals surface area contributed by atoms with Gasteiger partial charge in [0.25, 0.3) is 0 Å². The van der Waals surface area contributed by atoms with Crippen molar-refractivity contribution in [2.75, 3.05) is 33.5 Å². The smallest absolute Gasteiger partial charge is 0.136 e. The van der Waals surface area contributed by atoms with Crippen LogP contribution in [0.15, 0.2) is 0 Å². The second-order valence-corrected chi connectivity index (χ2v) is 5.75. The number of hydrogen-bond donors (Lipinski definition) is 0. The molecule has 0 aromatic heterocycles. The molecule has 0 saturated carbocycles. The van der Waals surface area contributed by atoms with Gasteiger partial charge >= 0.3 is 0 Å². The average molecular weight is 256 g/mol. The lowest BCUT2D eigenvalue weighted by Gasteiger charge is -2.36. The summed E-state index contributed by atoms with van der Waals surface area (Å²) in [5.74, 6) is 0.829. The maximum Gasteiger partial charge on any atom is 0.136 e. The SMILES string of the molecule is COCC(C)CC(=O)C1CCOC2(CCOC2)C1. The lowest BCUT2D eigenvalue weighted by Crippen LogP contribution is -2.42. The molecule has 18 heavy (non-hydrogen) atoms. The minimum atomic E-state index is -0.164. The summed E-state index contributed by atoms with van der Waals surface area (Å²) in [6.07, 6.45) is 3.26. The maximum absolute atomic E-state index is 12.3. The number of ketones is 1. The topological polar surface area (TPSA) is 44.8 Å². The molecule has 2 aliphatic heterocycles. The Bertz CT molecular complexity index is 284. The van der Waals surface area contributed by atoms with Gasteiger partial charge in [-0.2, -0.15) is 0 Å². The second kappa shape index (κ2) is 6.13. The van der Waals surface area contributed by atoms with Crippen LogP contribution < -0.4 is 0 Å². The van der Waals surface area contributed by atoms with Gasteiger partial charge < -0.3 is 14.2 Å². The van der Waals surface area contributed by atoms with Crippen LogP contribution in [0.2, 0.25) is 0 Å². The number of ether oxygens (including phenoxy) is 3. The molecular weight excluding hydrogens is 232 g/mol. The molecule has 4 nitrogen and oxygen atoms in total. The van der Waals surface area contributed by atoms with Gasteiger partial charge in [0.2, 0.25) is 0 Å². The summed E-state index contributed by atoms with van der Waals surface area (Å²) in [6.45, 7) is 4.84. The summed E-state index contributed by atoms with van der Waals surface area (Å²) in [4.78, 5) is 12.3. The van der Waals surface area contributed by atoms with E-state index in [0.29, 0.717) is 37.9 Å². The Morgan fingerprint density at radius 1 is 1.50 bits per heavy atom. The largest absolute Gasteiger partial charge is 0.384 e. The van der Waals surface area contributed by atoms with Gasteiger partial charge in [0.05, 0.1) is 12.2 Å². The van der Waals surface area contributed by atoms with Crippen molar-refractivity contribution in [3.8, 4) is 0 Å². The highest BCUT2D eigenvalue weighted by Gasteiger charge is 2.42. The molecule has 0 N–H and O–H groups in total. The Hall–Kier alpha value is -0.450. The van der Waals surface area contributed by atoms with E-state index in [1.54, 1.807) is 7.11 Å². The number of carbonyl (C=O) groups is 1. The first kappa shape index (κ1) is 14.0. The zero-order valence-electron chi connectivity index (χ0n) is 11.4. The van der Waals surface area contributed by atoms with Crippen LogP contribution in [-0.2, 0) is 19.0 Å². The van der Waals surface area contributed by atoms with Crippen molar-refractivity contribution in [3.63, 3.8) is 0 Å². The monoisotopic (exact) mass is 256 g/mol.